The molecule has 0 aliphatic heterocycles. The number of hydrogen-bond acceptors (Lipinski definition) is 3. The Morgan fingerprint density at radius 2 is 0.972 bits per heavy atom. The van der Waals surface area contributed by atoms with E-state index in [1.807, 2.05) is 72.8 Å². The summed E-state index contributed by atoms with van der Waals surface area (Å²) in [5.41, 5.74) is 3.17. The number of rotatable bonds is 10. The minimum absolute atomic E-state index is 0.0669. The first-order valence-electron chi connectivity index (χ1n) is 12.5. The lowest BCUT2D eigenvalue weighted by Gasteiger charge is -2.40. The Kier molecular flexibility index (Phi) is 8.33. The van der Waals surface area contributed by atoms with Crippen molar-refractivity contribution in [3.05, 3.63) is 131 Å². The summed E-state index contributed by atoms with van der Waals surface area (Å²) < 4.78 is 27.9. The van der Waals surface area contributed by atoms with Gasteiger partial charge in [0.25, 0.3) is 0 Å². The fourth-order valence-corrected chi connectivity index (χ4v) is 9.72. The van der Waals surface area contributed by atoms with E-state index in [9.17, 15) is 0 Å². The van der Waals surface area contributed by atoms with Crippen LogP contribution >= 0.6 is 7.14 Å². The molecule has 36 heavy (non-hydrogen) atoms. The third-order valence-electron chi connectivity index (χ3n) is 7.18. The van der Waals surface area contributed by atoms with Crippen LogP contribution in [-0.4, -0.2) is 19.9 Å². The molecule has 0 bridgehead atoms. The molecule has 186 valence electrons. The summed E-state index contributed by atoms with van der Waals surface area (Å²) in [5, 5.41) is 0. The van der Waals surface area contributed by atoms with Crippen LogP contribution in [0.2, 0.25) is 0 Å². The van der Waals surface area contributed by atoms with Crippen molar-refractivity contribution in [2.45, 2.75) is 37.2 Å². The lowest BCUT2D eigenvalue weighted by Crippen LogP contribution is -2.19. The Balaban J connectivity index is 2.11. The van der Waals surface area contributed by atoms with Crippen LogP contribution in [0.25, 0.3) is 0 Å². The van der Waals surface area contributed by atoms with Crippen LogP contribution in [0, 0.1) is 0 Å². The molecule has 3 nitrogen and oxygen atoms in total. The summed E-state index contributed by atoms with van der Waals surface area (Å²) in [6, 6.07) is 36.5. The van der Waals surface area contributed by atoms with Crippen molar-refractivity contribution in [2.24, 2.45) is 0 Å². The molecule has 0 N–H and O–H groups in total. The fraction of sp³-hybridized carbons (Fsp3) is 0.250. The van der Waals surface area contributed by atoms with Crippen LogP contribution < -0.4 is 9.47 Å². The average Bonchev–Trinajstić information content (AvgIpc) is 2.94. The molecule has 0 aliphatic carbocycles. The number of benzene rings is 4. The van der Waals surface area contributed by atoms with Gasteiger partial charge in [-0.2, -0.15) is 0 Å². The molecule has 0 heterocycles. The fourth-order valence-electron chi connectivity index (χ4n) is 5.26. The summed E-state index contributed by atoms with van der Waals surface area (Å²) in [7, 11) is 0.210. The molecule has 0 saturated carbocycles. The zero-order valence-corrected chi connectivity index (χ0v) is 22.4. The first-order valence-corrected chi connectivity index (χ1v) is 14.4. The molecule has 3 atom stereocenters. The summed E-state index contributed by atoms with van der Waals surface area (Å²) in [6.07, 6.45) is 0.786. The van der Waals surface area contributed by atoms with E-state index in [0.717, 1.165) is 40.2 Å². The van der Waals surface area contributed by atoms with E-state index < -0.39 is 7.14 Å². The molecular weight excluding hydrogens is 463 g/mol. The van der Waals surface area contributed by atoms with Crippen LogP contribution in [0.15, 0.2) is 109 Å². The lowest BCUT2D eigenvalue weighted by molar-refractivity contribution is 0.408. The van der Waals surface area contributed by atoms with Gasteiger partial charge in [0.1, 0.15) is 18.6 Å². The highest BCUT2D eigenvalue weighted by molar-refractivity contribution is 7.65. The second kappa shape index (κ2) is 11.6. The summed E-state index contributed by atoms with van der Waals surface area (Å²) >= 11 is 0. The zero-order chi connectivity index (χ0) is 25.5. The van der Waals surface area contributed by atoms with E-state index in [1.165, 1.54) is 0 Å². The standard InChI is InChI=1S/C32H35O3P/c1-5-24(2)36(33,31(25-16-8-6-9-17-25)27-20-12-14-22-29(27)34-3)32(26-18-10-7-11-19-26)28-21-13-15-23-30(28)35-4/h6-24,31-32H,5H2,1-4H3. The van der Waals surface area contributed by atoms with Crippen molar-refractivity contribution in [1.29, 1.82) is 0 Å². The maximum atomic E-state index is 16.2. The molecule has 0 aliphatic rings. The molecule has 0 fully saturated rings. The molecule has 0 spiro atoms. The minimum atomic E-state index is -3.16. The smallest absolute Gasteiger partial charge is 0.123 e. The maximum Gasteiger partial charge on any atom is 0.123 e. The van der Waals surface area contributed by atoms with Crippen molar-refractivity contribution in [3.63, 3.8) is 0 Å². The molecular formula is C32H35O3P. The van der Waals surface area contributed by atoms with E-state index in [-0.39, 0.29) is 17.0 Å². The normalized spacial score (nSPS) is 15.3. The third kappa shape index (κ3) is 4.86. The van der Waals surface area contributed by atoms with Crippen molar-refractivity contribution >= 4 is 7.14 Å². The van der Waals surface area contributed by atoms with Gasteiger partial charge in [0.2, 0.25) is 0 Å². The topological polar surface area (TPSA) is 35.5 Å². The summed E-state index contributed by atoms with van der Waals surface area (Å²) in [4.78, 5) is 0. The van der Waals surface area contributed by atoms with Crippen LogP contribution in [0.5, 0.6) is 11.5 Å². The van der Waals surface area contributed by atoms with Crippen LogP contribution in [0.4, 0.5) is 0 Å². The van der Waals surface area contributed by atoms with E-state index in [4.69, 9.17) is 9.47 Å². The lowest BCUT2D eigenvalue weighted by atomic mass is 10.0. The molecule has 0 radical (unpaired) electrons. The molecule has 0 aromatic heterocycles. The zero-order valence-electron chi connectivity index (χ0n) is 21.5. The molecule has 3 unspecified atom stereocenters. The first-order chi connectivity index (χ1) is 17.6. The summed E-state index contributed by atoms with van der Waals surface area (Å²) in [5.74, 6) is 1.50. The van der Waals surface area contributed by atoms with Gasteiger partial charge in [-0.3, -0.25) is 0 Å². The Morgan fingerprint density at radius 3 is 1.33 bits per heavy atom. The van der Waals surface area contributed by atoms with Crippen molar-refractivity contribution in [3.8, 4) is 11.5 Å². The summed E-state index contributed by atoms with van der Waals surface area (Å²) in [6.45, 7) is 4.27. The first kappa shape index (κ1) is 25.8. The van der Waals surface area contributed by atoms with Crippen LogP contribution in [-0.2, 0) is 4.57 Å². The highest BCUT2D eigenvalue weighted by Crippen LogP contribution is 2.76. The monoisotopic (exact) mass is 498 g/mol. The van der Waals surface area contributed by atoms with E-state index in [2.05, 4.69) is 50.2 Å². The molecule has 4 aromatic carbocycles. The second-order valence-corrected chi connectivity index (χ2v) is 12.6. The predicted octanol–water partition coefficient (Wildman–Crippen LogP) is 8.74. The van der Waals surface area contributed by atoms with Gasteiger partial charge < -0.3 is 14.0 Å². The SMILES string of the molecule is CCC(C)P(=O)(C(c1ccccc1)c1ccccc1OC)C(c1ccccc1)c1ccccc1OC. The van der Waals surface area contributed by atoms with Crippen molar-refractivity contribution in [2.75, 3.05) is 14.2 Å². The van der Waals surface area contributed by atoms with Crippen LogP contribution in [0.1, 0.15) is 53.8 Å². The van der Waals surface area contributed by atoms with Gasteiger partial charge in [-0.05, 0) is 29.7 Å². The van der Waals surface area contributed by atoms with Gasteiger partial charge >= 0.3 is 0 Å². The number of ether oxygens (including phenoxy) is 2. The van der Waals surface area contributed by atoms with Crippen molar-refractivity contribution in [1.82, 2.24) is 0 Å². The third-order valence-corrected chi connectivity index (χ3v) is 11.7. The number of methoxy groups -OCH3 is 2. The van der Waals surface area contributed by atoms with Gasteiger partial charge in [0.05, 0.1) is 25.5 Å². The highest BCUT2D eigenvalue weighted by atomic mass is 31.2. The Hall–Kier alpha value is -3.29. The second-order valence-electron chi connectivity index (χ2n) is 9.13. The van der Waals surface area contributed by atoms with E-state index >= 15 is 4.57 Å². The van der Waals surface area contributed by atoms with Gasteiger partial charge in [-0.1, -0.05) is 111 Å². The quantitative estimate of drug-likeness (QED) is 0.205. The van der Waals surface area contributed by atoms with Crippen molar-refractivity contribution < 1.29 is 14.0 Å². The molecule has 4 aromatic rings. The van der Waals surface area contributed by atoms with E-state index in [1.54, 1.807) is 14.2 Å². The number of para-hydroxylation sites is 2. The van der Waals surface area contributed by atoms with Gasteiger partial charge in [-0.25, -0.2) is 0 Å². The largest absolute Gasteiger partial charge is 0.496 e. The average molecular weight is 499 g/mol. The van der Waals surface area contributed by atoms with E-state index in [0.29, 0.717) is 0 Å². The highest BCUT2D eigenvalue weighted by Gasteiger charge is 2.48. The minimum Gasteiger partial charge on any atom is -0.496 e. The Bertz CT molecular complexity index is 1210. The number of hydrogen-bond donors (Lipinski definition) is 0. The van der Waals surface area contributed by atoms with Gasteiger partial charge in [-0.15, -0.1) is 0 Å². The molecule has 4 rings (SSSR count). The Labute approximate surface area is 215 Å². The molecule has 0 saturated heterocycles. The van der Waals surface area contributed by atoms with Gasteiger partial charge in [0.15, 0.2) is 0 Å². The molecule has 4 heteroatoms. The molecule has 0 amide bonds. The maximum absolute atomic E-state index is 16.2. The Morgan fingerprint density at radius 1 is 0.611 bits per heavy atom. The predicted molar refractivity (Wildman–Crippen MR) is 150 cm³/mol. The van der Waals surface area contributed by atoms with Crippen LogP contribution in [0.3, 0.4) is 0 Å². The van der Waals surface area contributed by atoms with Gasteiger partial charge in [0, 0.05) is 16.8 Å².